The summed E-state index contributed by atoms with van der Waals surface area (Å²) in [6.07, 6.45) is 0. The SMILES string of the molecule is CCOC(=O)c1oc2c(F)c(F)c(F)c(F)c2c(=O)c1C(=O)O. The fourth-order valence-corrected chi connectivity index (χ4v) is 1.83. The van der Waals surface area contributed by atoms with Crippen LogP contribution < -0.4 is 5.43 Å². The zero-order chi connectivity index (χ0) is 17.5. The Hall–Kier alpha value is -2.91. The van der Waals surface area contributed by atoms with Gasteiger partial charge in [-0.15, -0.1) is 0 Å². The van der Waals surface area contributed by atoms with Gasteiger partial charge >= 0.3 is 11.9 Å². The topological polar surface area (TPSA) is 93.8 Å². The van der Waals surface area contributed by atoms with Crippen LogP contribution in [0, 0.1) is 23.3 Å². The van der Waals surface area contributed by atoms with Crippen molar-refractivity contribution in [3.8, 4) is 0 Å². The third-order valence-electron chi connectivity index (χ3n) is 2.78. The van der Waals surface area contributed by atoms with Gasteiger partial charge in [-0.1, -0.05) is 0 Å². The number of carbonyl (C=O) groups excluding carboxylic acids is 1. The minimum Gasteiger partial charge on any atom is -0.477 e. The summed E-state index contributed by atoms with van der Waals surface area (Å²) in [5, 5.41) is 7.49. The van der Waals surface area contributed by atoms with Gasteiger partial charge in [0.05, 0.1) is 6.61 Å². The monoisotopic (exact) mass is 334 g/mol. The molecule has 1 heterocycles. The lowest BCUT2D eigenvalue weighted by atomic mass is 10.1. The van der Waals surface area contributed by atoms with Gasteiger partial charge in [-0.3, -0.25) is 4.79 Å². The molecule has 0 atom stereocenters. The van der Waals surface area contributed by atoms with Gasteiger partial charge in [-0.25, -0.2) is 22.8 Å². The number of hydrogen-bond acceptors (Lipinski definition) is 5. The fraction of sp³-hybridized carbons (Fsp3) is 0.154. The highest BCUT2D eigenvalue weighted by Gasteiger charge is 2.32. The molecule has 0 aliphatic heterocycles. The molecule has 1 N–H and O–H groups in total. The van der Waals surface area contributed by atoms with Gasteiger partial charge in [0.2, 0.25) is 22.8 Å². The Morgan fingerprint density at radius 3 is 2.17 bits per heavy atom. The zero-order valence-corrected chi connectivity index (χ0v) is 11.2. The van der Waals surface area contributed by atoms with E-state index >= 15 is 0 Å². The molecule has 122 valence electrons. The molecule has 0 unspecified atom stereocenters. The van der Waals surface area contributed by atoms with Crippen molar-refractivity contribution in [3.05, 3.63) is 44.8 Å². The number of carboxylic acids is 1. The van der Waals surface area contributed by atoms with E-state index in [1.165, 1.54) is 6.92 Å². The number of fused-ring (bicyclic) bond motifs is 1. The van der Waals surface area contributed by atoms with E-state index in [0.717, 1.165) is 0 Å². The molecule has 0 aliphatic carbocycles. The molecule has 0 aliphatic rings. The first-order valence-electron chi connectivity index (χ1n) is 5.95. The summed E-state index contributed by atoms with van der Waals surface area (Å²) in [5.74, 6) is -13.6. The van der Waals surface area contributed by atoms with Gasteiger partial charge in [0.25, 0.3) is 0 Å². The molecule has 0 amide bonds. The summed E-state index contributed by atoms with van der Waals surface area (Å²) in [4.78, 5) is 34.7. The minimum atomic E-state index is -2.32. The van der Waals surface area contributed by atoms with Crippen molar-refractivity contribution >= 4 is 22.9 Å². The Bertz CT molecular complexity index is 902. The summed E-state index contributed by atoms with van der Waals surface area (Å²) in [5.41, 5.74) is -4.57. The van der Waals surface area contributed by atoms with Gasteiger partial charge in [0.1, 0.15) is 5.39 Å². The molecule has 0 saturated carbocycles. The van der Waals surface area contributed by atoms with E-state index in [4.69, 9.17) is 5.11 Å². The van der Waals surface area contributed by atoms with E-state index in [1.807, 2.05) is 0 Å². The fourth-order valence-electron chi connectivity index (χ4n) is 1.83. The van der Waals surface area contributed by atoms with E-state index in [9.17, 15) is 31.9 Å². The van der Waals surface area contributed by atoms with Crippen LogP contribution in [-0.4, -0.2) is 23.7 Å². The predicted octanol–water partition coefficient (Wildman–Crippen LogP) is 2.22. The maximum Gasteiger partial charge on any atom is 0.375 e. The summed E-state index contributed by atoms with van der Waals surface area (Å²) in [6, 6.07) is 0. The molecule has 10 heteroatoms. The quantitative estimate of drug-likeness (QED) is 0.400. The summed E-state index contributed by atoms with van der Waals surface area (Å²) in [6.45, 7) is 1.08. The molecule has 0 spiro atoms. The van der Waals surface area contributed by atoms with Crippen molar-refractivity contribution in [3.63, 3.8) is 0 Å². The van der Waals surface area contributed by atoms with E-state index in [1.54, 1.807) is 0 Å². The minimum absolute atomic E-state index is 0.256. The summed E-state index contributed by atoms with van der Waals surface area (Å²) >= 11 is 0. The number of hydrogen-bond donors (Lipinski definition) is 1. The Morgan fingerprint density at radius 2 is 1.65 bits per heavy atom. The Kier molecular flexibility index (Phi) is 4.08. The lowest BCUT2D eigenvalue weighted by molar-refractivity contribution is 0.0476. The van der Waals surface area contributed by atoms with Crippen LogP contribution in [0.4, 0.5) is 17.6 Å². The molecule has 0 saturated heterocycles. The van der Waals surface area contributed by atoms with Gasteiger partial charge in [-0.05, 0) is 6.92 Å². The number of aromatic carboxylic acids is 1. The third-order valence-corrected chi connectivity index (χ3v) is 2.78. The van der Waals surface area contributed by atoms with Crippen LogP contribution in [0.3, 0.4) is 0 Å². The summed E-state index contributed by atoms with van der Waals surface area (Å²) < 4.78 is 62.7. The number of carboxylic acid groups (broad SMARTS) is 1. The second-order valence-electron chi connectivity index (χ2n) is 4.12. The van der Waals surface area contributed by atoms with Gasteiger partial charge in [-0.2, -0.15) is 4.39 Å². The van der Waals surface area contributed by atoms with Gasteiger partial charge < -0.3 is 14.3 Å². The van der Waals surface area contributed by atoms with Crippen molar-refractivity contribution in [2.24, 2.45) is 0 Å². The van der Waals surface area contributed by atoms with Crippen LogP contribution in [-0.2, 0) is 4.74 Å². The average Bonchev–Trinajstić information content (AvgIpc) is 2.49. The Labute approximate surface area is 123 Å². The number of carbonyl (C=O) groups is 2. The molecule has 6 nitrogen and oxygen atoms in total. The van der Waals surface area contributed by atoms with Gasteiger partial charge in [0, 0.05) is 0 Å². The number of esters is 1. The van der Waals surface area contributed by atoms with Crippen molar-refractivity contribution in [1.82, 2.24) is 0 Å². The highest BCUT2D eigenvalue weighted by atomic mass is 19.2. The lowest BCUT2D eigenvalue weighted by Crippen LogP contribution is -2.23. The second kappa shape index (κ2) is 5.71. The first-order valence-corrected chi connectivity index (χ1v) is 5.95. The largest absolute Gasteiger partial charge is 0.477 e. The first-order chi connectivity index (χ1) is 10.7. The molecular weight excluding hydrogens is 328 g/mol. The molecule has 1 aromatic carbocycles. The van der Waals surface area contributed by atoms with E-state index in [-0.39, 0.29) is 6.61 Å². The van der Waals surface area contributed by atoms with Crippen molar-refractivity contribution in [2.45, 2.75) is 6.92 Å². The van der Waals surface area contributed by atoms with Crippen molar-refractivity contribution in [1.29, 1.82) is 0 Å². The van der Waals surface area contributed by atoms with E-state index in [0.29, 0.717) is 0 Å². The molecule has 23 heavy (non-hydrogen) atoms. The highest BCUT2D eigenvalue weighted by molar-refractivity contribution is 6.02. The average molecular weight is 334 g/mol. The normalized spacial score (nSPS) is 10.8. The standard InChI is InChI=1S/C13H6F4O6/c1-2-22-13(21)11-4(12(19)20)9(18)3-5(14)6(15)7(16)8(17)10(3)23-11/h2H2,1H3,(H,19,20). The highest BCUT2D eigenvalue weighted by Crippen LogP contribution is 2.27. The van der Waals surface area contributed by atoms with Crippen LogP contribution >= 0.6 is 0 Å². The van der Waals surface area contributed by atoms with Crippen molar-refractivity contribution in [2.75, 3.05) is 6.61 Å². The van der Waals surface area contributed by atoms with Crippen LogP contribution in [0.15, 0.2) is 9.21 Å². The van der Waals surface area contributed by atoms with E-state index in [2.05, 4.69) is 9.15 Å². The number of halogens is 4. The molecule has 0 bridgehead atoms. The number of rotatable bonds is 3. The molecule has 0 fully saturated rings. The summed E-state index contributed by atoms with van der Waals surface area (Å²) in [7, 11) is 0. The van der Waals surface area contributed by atoms with Crippen LogP contribution in [0.2, 0.25) is 0 Å². The lowest BCUT2D eigenvalue weighted by Gasteiger charge is -2.08. The second-order valence-corrected chi connectivity index (χ2v) is 4.12. The molecule has 2 rings (SSSR count). The first kappa shape index (κ1) is 16.5. The van der Waals surface area contributed by atoms with Crippen molar-refractivity contribution < 1.29 is 41.4 Å². The number of ether oxygens (including phenoxy) is 1. The van der Waals surface area contributed by atoms with Gasteiger partial charge in [0.15, 0.2) is 22.8 Å². The van der Waals surface area contributed by atoms with E-state index < -0.39 is 62.9 Å². The smallest absolute Gasteiger partial charge is 0.375 e. The van der Waals surface area contributed by atoms with Crippen LogP contribution in [0.5, 0.6) is 0 Å². The van der Waals surface area contributed by atoms with Crippen LogP contribution in [0.25, 0.3) is 11.0 Å². The zero-order valence-electron chi connectivity index (χ0n) is 11.2. The third kappa shape index (κ3) is 2.41. The Morgan fingerprint density at radius 1 is 1.09 bits per heavy atom. The molecule has 1 aromatic heterocycles. The molecule has 0 radical (unpaired) electrons. The Balaban J connectivity index is 3.06. The molecule has 2 aromatic rings. The molecular formula is C13H6F4O6. The maximum atomic E-state index is 13.7. The van der Waals surface area contributed by atoms with Crippen LogP contribution in [0.1, 0.15) is 27.8 Å². The predicted molar refractivity (Wildman–Crippen MR) is 65.2 cm³/mol. The number of benzene rings is 1. The maximum absolute atomic E-state index is 13.7.